The fraction of sp³-hybridized carbons (Fsp3) is 0. The Morgan fingerprint density at radius 1 is 0.889 bits per heavy atom. The van der Waals surface area contributed by atoms with Gasteiger partial charge < -0.3 is 0 Å². The zero-order valence-electron chi connectivity index (χ0n) is 13.6. The predicted octanol–water partition coefficient (Wildman–Crippen LogP) is 4.45. The molecule has 4 rings (SSSR count). The minimum absolute atomic E-state index is 0.318. The van der Waals surface area contributed by atoms with E-state index in [1.165, 1.54) is 10.8 Å². The molecular weight excluding hydrogens is 500 g/mol. The molecule has 0 atom stereocenters. The van der Waals surface area contributed by atoms with E-state index in [0.29, 0.717) is 32.3 Å². The van der Waals surface area contributed by atoms with Crippen molar-refractivity contribution in [2.45, 2.75) is 0 Å². The molecule has 5 nitrogen and oxygen atoms in total. The average molecular weight is 510 g/mol. The molecule has 0 spiro atoms. The zero-order valence-corrected chi connectivity index (χ0v) is 17.2. The van der Waals surface area contributed by atoms with Gasteiger partial charge in [-0.2, -0.15) is 0 Å². The predicted molar refractivity (Wildman–Crippen MR) is 116 cm³/mol. The lowest BCUT2D eigenvalue weighted by atomic mass is 10.2. The summed E-state index contributed by atoms with van der Waals surface area (Å²) in [5, 5.41) is 1.11. The number of aromatic nitrogens is 3. The van der Waals surface area contributed by atoms with Gasteiger partial charge in [-0.05, 0) is 71.1 Å². The van der Waals surface area contributed by atoms with Gasteiger partial charge in [0.15, 0.2) is 0 Å². The molecule has 2 aromatic heterocycles. The van der Waals surface area contributed by atoms with Crippen molar-refractivity contribution in [3.63, 3.8) is 0 Å². The van der Waals surface area contributed by atoms with E-state index in [4.69, 9.17) is 23.2 Å². The normalized spacial score (nSPS) is 11.1. The fourth-order valence-electron chi connectivity index (χ4n) is 2.87. The maximum atomic E-state index is 13.3. The molecule has 0 N–H and O–H groups in total. The lowest BCUT2D eigenvalue weighted by Crippen LogP contribution is -2.38. The van der Waals surface area contributed by atoms with Crippen LogP contribution in [0.2, 0.25) is 10.0 Å². The van der Waals surface area contributed by atoms with Gasteiger partial charge in [-0.3, -0.25) is 14.3 Å². The molecule has 0 aliphatic rings. The first kappa shape index (κ1) is 18.2. The number of nitrogens with zero attached hydrogens (tertiary/aromatic N) is 3. The largest absolute Gasteiger partial charge is 0.340 e. The van der Waals surface area contributed by atoms with E-state index >= 15 is 0 Å². The van der Waals surface area contributed by atoms with Gasteiger partial charge in [0.25, 0.3) is 5.56 Å². The molecule has 2 heterocycles. The third kappa shape index (κ3) is 3.18. The van der Waals surface area contributed by atoms with Crippen molar-refractivity contribution in [2.75, 3.05) is 0 Å². The lowest BCUT2D eigenvalue weighted by molar-refractivity contribution is 0.831. The van der Waals surface area contributed by atoms with Gasteiger partial charge in [0, 0.05) is 9.77 Å². The molecule has 0 saturated heterocycles. The number of halogens is 3. The van der Waals surface area contributed by atoms with Gasteiger partial charge in [0.1, 0.15) is 0 Å². The van der Waals surface area contributed by atoms with Crippen LogP contribution in [0.3, 0.4) is 0 Å². The molecule has 0 radical (unpaired) electrons. The van der Waals surface area contributed by atoms with Gasteiger partial charge in [-0.15, -0.1) is 0 Å². The molecule has 0 fully saturated rings. The Balaban J connectivity index is 2.19. The van der Waals surface area contributed by atoms with Crippen LogP contribution in [0.5, 0.6) is 0 Å². The number of benzene rings is 2. The Bertz CT molecular complexity index is 1300. The van der Waals surface area contributed by atoms with Crippen LogP contribution in [-0.4, -0.2) is 14.1 Å². The molecular formula is C19H10Cl2IN3O2. The summed E-state index contributed by atoms with van der Waals surface area (Å²) in [5.41, 5.74) is 0.474. The van der Waals surface area contributed by atoms with Crippen molar-refractivity contribution in [3.05, 3.63) is 95.4 Å². The van der Waals surface area contributed by atoms with E-state index in [0.717, 1.165) is 8.14 Å². The highest BCUT2D eigenvalue weighted by atomic mass is 127. The quantitative estimate of drug-likeness (QED) is 0.375. The number of rotatable bonds is 2. The van der Waals surface area contributed by atoms with Crippen LogP contribution in [0, 0.1) is 3.57 Å². The standard InChI is InChI=1S/C19H10Cl2IN3O2/c20-15-5-4-12(9-16(15)21)24-17-6-3-11(22)8-14(17)18(26)25(19(24)27)13-2-1-7-23-10-13/h1-10H. The van der Waals surface area contributed by atoms with Crippen LogP contribution < -0.4 is 11.2 Å². The molecule has 0 amide bonds. The Morgan fingerprint density at radius 2 is 1.70 bits per heavy atom. The molecule has 8 heteroatoms. The minimum atomic E-state index is -0.514. The van der Waals surface area contributed by atoms with Crippen molar-refractivity contribution < 1.29 is 0 Å². The molecule has 0 saturated carbocycles. The summed E-state index contributed by atoms with van der Waals surface area (Å²) in [6, 6.07) is 13.6. The van der Waals surface area contributed by atoms with Gasteiger partial charge in [0.2, 0.25) is 0 Å². The van der Waals surface area contributed by atoms with Crippen molar-refractivity contribution >= 4 is 56.7 Å². The highest BCUT2D eigenvalue weighted by Gasteiger charge is 2.17. The van der Waals surface area contributed by atoms with Gasteiger partial charge in [-0.25, -0.2) is 9.36 Å². The number of hydrogen-bond donors (Lipinski definition) is 0. The number of fused-ring (bicyclic) bond motifs is 1. The van der Waals surface area contributed by atoms with Crippen LogP contribution in [-0.2, 0) is 0 Å². The maximum absolute atomic E-state index is 13.3. The molecule has 0 unspecified atom stereocenters. The first-order valence-electron chi connectivity index (χ1n) is 7.80. The second kappa shape index (κ2) is 7.10. The molecule has 134 valence electrons. The fourth-order valence-corrected chi connectivity index (χ4v) is 3.66. The summed E-state index contributed by atoms with van der Waals surface area (Å²) < 4.78 is 3.44. The van der Waals surface area contributed by atoms with Crippen LogP contribution >= 0.6 is 45.8 Å². The summed E-state index contributed by atoms with van der Waals surface area (Å²) >= 11 is 14.3. The highest BCUT2D eigenvalue weighted by molar-refractivity contribution is 14.1. The monoisotopic (exact) mass is 509 g/mol. The molecule has 0 aliphatic carbocycles. The Hall–Kier alpha value is -2.16. The van der Waals surface area contributed by atoms with Crippen LogP contribution in [0.15, 0.2) is 70.5 Å². The lowest BCUT2D eigenvalue weighted by Gasteiger charge is -2.15. The van der Waals surface area contributed by atoms with Gasteiger partial charge in [0.05, 0.1) is 38.5 Å². The summed E-state index contributed by atoms with van der Waals surface area (Å²) in [4.78, 5) is 30.4. The zero-order chi connectivity index (χ0) is 19.1. The van der Waals surface area contributed by atoms with E-state index in [1.54, 1.807) is 48.7 Å². The van der Waals surface area contributed by atoms with E-state index in [2.05, 4.69) is 27.6 Å². The van der Waals surface area contributed by atoms with Crippen molar-refractivity contribution in [1.82, 2.24) is 14.1 Å². The van der Waals surface area contributed by atoms with Gasteiger partial charge >= 0.3 is 5.69 Å². The highest BCUT2D eigenvalue weighted by Crippen LogP contribution is 2.25. The smallest absolute Gasteiger partial charge is 0.268 e. The first-order chi connectivity index (χ1) is 13.0. The van der Waals surface area contributed by atoms with Gasteiger partial charge in [-0.1, -0.05) is 23.2 Å². The Morgan fingerprint density at radius 3 is 2.41 bits per heavy atom. The second-order valence-corrected chi connectivity index (χ2v) is 7.79. The maximum Gasteiger partial charge on any atom is 0.340 e. The van der Waals surface area contributed by atoms with E-state index in [9.17, 15) is 9.59 Å². The summed E-state index contributed by atoms with van der Waals surface area (Å²) in [5.74, 6) is 0. The average Bonchev–Trinajstić information content (AvgIpc) is 2.66. The molecule has 0 aliphatic heterocycles. The SMILES string of the molecule is O=c1c2cc(I)ccc2n(-c2ccc(Cl)c(Cl)c2)c(=O)n1-c1cccnc1. The summed E-state index contributed by atoms with van der Waals surface area (Å²) in [7, 11) is 0. The Kier molecular flexibility index (Phi) is 4.79. The molecule has 2 aromatic carbocycles. The number of hydrogen-bond acceptors (Lipinski definition) is 3. The summed E-state index contributed by atoms with van der Waals surface area (Å²) in [6.45, 7) is 0. The van der Waals surface area contributed by atoms with Crippen molar-refractivity contribution in [1.29, 1.82) is 0 Å². The third-order valence-electron chi connectivity index (χ3n) is 4.08. The first-order valence-corrected chi connectivity index (χ1v) is 9.64. The third-order valence-corrected chi connectivity index (χ3v) is 5.49. The summed E-state index contributed by atoms with van der Waals surface area (Å²) in [6.07, 6.45) is 3.05. The molecule has 27 heavy (non-hydrogen) atoms. The van der Waals surface area contributed by atoms with E-state index in [1.807, 2.05) is 6.07 Å². The molecule has 0 bridgehead atoms. The molecule has 4 aromatic rings. The van der Waals surface area contributed by atoms with Crippen LogP contribution in [0.4, 0.5) is 0 Å². The topological polar surface area (TPSA) is 56.9 Å². The van der Waals surface area contributed by atoms with Crippen molar-refractivity contribution in [3.8, 4) is 11.4 Å². The Labute approximate surface area is 176 Å². The second-order valence-electron chi connectivity index (χ2n) is 5.73. The van der Waals surface area contributed by atoms with Crippen LogP contribution in [0.25, 0.3) is 22.3 Å². The van der Waals surface area contributed by atoms with E-state index in [-0.39, 0.29) is 0 Å². The van der Waals surface area contributed by atoms with Crippen LogP contribution in [0.1, 0.15) is 0 Å². The minimum Gasteiger partial charge on any atom is -0.268 e. The van der Waals surface area contributed by atoms with E-state index < -0.39 is 11.2 Å². The van der Waals surface area contributed by atoms with Crippen molar-refractivity contribution in [2.24, 2.45) is 0 Å². The number of pyridine rings is 1.